The molecule has 0 saturated heterocycles. The van der Waals surface area contributed by atoms with Crippen LogP contribution in [0.2, 0.25) is 0 Å². The van der Waals surface area contributed by atoms with Crippen molar-refractivity contribution >= 4 is 17.7 Å². The number of hydrogen-bond donors (Lipinski definition) is 2. The number of halogens is 1. The van der Waals surface area contributed by atoms with Crippen molar-refractivity contribution in [3.05, 3.63) is 29.6 Å². The molecule has 1 aromatic rings. The monoisotopic (exact) mass is 215 g/mol. The van der Waals surface area contributed by atoms with E-state index in [1.54, 1.807) is 6.26 Å². The van der Waals surface area contributed by atoms with Gasteiger partial charge in [-0.1, -0.05) is 6.07 Å². The van der Waals surface area contributed by atoms with Gasteiger partial charge in [-0.05, 0) is 24.0 Å². The van der Waals surface area contributed by atoms with E-state index < -0.39 is 17.8 Å². The minimum absolute atomic E-state index is 0.271. The Balaban J connectivity index is 3.02. The minimum atomic E-state index is -1.17. The van der Waals surface area contributed by atoms with Gasteiger partial charge in [0.1, 0.15) is 11.9 Å². The van der Waals surface area contributed by atoms with Crippen molar-refractivity contribution in [2.45, 2.75) is 10.9 Å². The lowest BCUT2D eigenvalue weighted by Crippen LogP contribution is -2.20. The van der Waals surface area contributed by atoms with Crippen molar-refractivity contribution < 1.29 is 14.3 Å². The van der Waals surface area contributed by atoms with E-state index in [0.717, 1.165) is 6.07 Å². The summed E-state index contributed by atoms with van der Waals surface area (Å²) in [6.07, 6.45) is 1.75. The highest BCUT2D eigenvalue weighted by Crippen LogP contribution is 2.22. The molecule has 0 amide bonds. The van der Waals surface area contributed by atoms with Gasteiger partial charge in [-0.3, -0.25) is 4.79 Å². The molecular weight excluding hydrogens is 205 g/mol. The Morgan fingerprint density at radius 3 is 2.71 bits per heavy atom. The molecule has 0 aliphatic heterocycles. The van der Waals surface area contributed by atoms with E-state index in [-0.39, 0.29) is 5.56 Å². The molecule has 0 saturated carbocycles. The fourth-order valence-corrected chi connectivity index (χ4v) is 1.48. The summed E-state index contributed by atoms with van der Waals surface area (Å²) in [6.45, 7) is 0. The average Bonchev–Trinajstić information content (AvgIpc) is 2.16. The first-order valence-electron chi connectivity index (χ1n) is 3.88. The molecule has 0 spiro atoms. The van der Waals surface area contributed by atoms with Crippen LogP contribution in [0, 0.1) is 5.82 Å². The zero-order valence-electron chi connectivity index (χ0n) is 7.53. The lowest BCUT2D eigenvalue weighted by molar-refractivity contribution is -0.138. The summed E-state index contributed by atoms with van der Waals surface area (Å²) in [5.41, 5.74) is 5.60. The third-order valence-corrected chi connectivity index (χ3v) is 2.57. The Bertz CT molecular complexity index is 357. The maximum Gasteiger partial charge on any atom is 0.325 e. The summed E-state index contributed by atoms with van der Waals surface area (Å²) in [5.74, 6) is -1.60. The highest BCUT2D eigenvalue weighted by Gasteiger charge is 2.15. The van der Waals surface area contributed by atoms with Crippen LogP contribution in [0.15, 0.2) is 23.1 Å². The summed E-state index contributed by atoms with van der Waals surface area (Å²) in [4.78, 5) is 11.0. The number of carboxylic acid groups (broad SMARTS) is 1. The van der Waals surface area contributed by atoms with E-state index in [1.165, 1.54) is 23.9 Å². The Kier molecular flexibility index (Phi) is 3.49. The molecule has 3 N–H and O–H groups in total. The van der Waals surface area contributed by atoms with Crippen molar-refractivity contribution in [1.29, 1.82) is 0 Å². The molecule has 0 radical (unpaired) electrons. The largest absolute Gasteiger partial charge is 0.480 e. The Labute approximate surface area is 85.1 Å². The van der Waals surface area contributed by atoms with Crippen LogP contribution in [0.3, 0.4) is 0 Å². The first-order chi connectivity index (χ1) is 6.56. The Hall–Kier alpha value is -1.07. The lowest BCUT2D eigenvalue weighted by Gasteiger charge is -2.07. The number of carbonyl (C=O) groups is 1. The van der Waals surface area contributed by atoms with Gasteiger partial charge in [0.15, 0.2) is 0 Å². The molecule has 1 aromatic carbocycles. The third-order valence-electron chi connectivity index (χ3n) is 1.80. The summed E-state index contributed by atoms with van der Waals surface area (Å²) in [5, 5.41) is 8.60. The van der Waals surface area contributed by atoms with Crippen LogP contribution in [-0.4, -0.2) is 17.3 Å². The van der Waals surface area contributed by atoms with Crippen molar-refractivity contribution in [1.82, 2.24) is 0 Å². The van der Waals surface area contributed by atoms with Gasteiger partial charge in [0.25, 0.3) is 0 Å². The maximum absolute atomic E-state index is 13.2. The van der Waals surface area contributed by atoms with Crippen LogP contribution < -0.4 is 5.73 Å². The Morgan fingerprint density at radius 2 is 2.29 bits per heavy atom. The number of hydrogen-bond acceptors (Lipinski definition) is 3. The van der Waals surface area contributed by atoms with Crippen molar-refractivity contribution in [2.75, 3.05) is 6.26 Å². The first-order valence-corrected chi connectivity index (χ1v) is 5.10. The van der Waals surface area contributed by atoms with Crippen LogP contribution in [0.25, 0.3) is 0 Å². The predicted molar refractivity (Wildman–Crippen MR) is 52.7 cm³/mol. The second kappa shape index (κ2) is 4.43. The van der Waals surface area contributed by atoms with E-state index >= 15 is 0 Å². The molecule has 0 fully saturated rings. The molecule has 14 heavy (non-hydrogen) atoms. The highest BCUT2D eigenvalue weighted by atomic mass is 32.2. The van der Waals surface area contributed by atoms with Crippen LogP contribution in [0.1, 0.15) is 11.6 Å². The van der Waals surface area contributed by atoms with Crippen LogP contribution in [0.4, 0.5) is 4.39 Å². The predicted octanol–water partition coefficient (Wildman–Crippen LogP) is 1.63. The van der Waals surface area contributed by atoms with Crippen LogP contribution >= 0.6 is 11.8 Å². The smallest absolute Gasteiger partial charge is 0.325 e. The van der Waals surface area contributed by atoms with Gasteiger partial charge in [-0.2, -0.15) is 0 Å². The van der Waals surface area contributed by atoms with E-state index in [1.807, 2.05) is 0 Å². The zero-order valence-corrected chi connectivity index (χ0v) is 8.34. The molecular formula is C9H10FNO2S. The van der Waals surface area contributed by atoms with Crippen molar-refractivity contribution in [3.8, 4) is 0 Å². The average molecular weight is 215 g/mol. The normalized spacial score (nSPS) is 12.5. The molecule has 76 valence electrons. The SMILES string of the molecule is CSc1ccc(C(N)C(=O)O)cc1F. The van der Waals surface area contributed by atoms with E-state index in [4.69, 9.17) is 10.8 Å². The van der Waals surface area contributed by atoms with Crippen molar-refractivity contribution in [2.24, 2.45) is 5.73 Å². The lowest BCUT2D eigenvalue weighted by atomic mass is 10.1. The second-order valence-corrected chi connectivity index (χ2v) is 3.56. The third kappa shape index (κ3) is 2.24. The molecule has 0 aliphatic rings. The number of aliphatic carboxylic acids is 1. The van der Waals surface area contributed by atoms with E-state index in [0.29, 0.717) is 4.90 Å². The van der Waals surface area contributed by atoms with Gasteiger partial charge in [-0.25, -0.2) is 4.39 Å². The van der Waals surface area contributed by atoms with Gasteiger partial charge in [-0.15, -0.1) is 11.8 Å². The van der Waals surface area contributed by atoms with Crippen molar-refractivity contribution in [3.63, 3.8) is 0 Å². The molecule has 0 bridgehead atoms. The standard InChI is InChI=1S/C9H10FNO2S/c1-14-7-3-2-5(4-6(7)10)8(11)9(12)13/h2-4,8H,11H2,1H3,(H,12,13). The Morgan fingerprint density at radius 1 is 1.64 bits per heavy atom. The molecule has 0 aromatic heterocycles. The highest BCUT2D eigenvalue weighted by molar-refractivity contribution is 7.98. The summed E-state index contributed by atoms with van der Waals surface area (Å²) in [6, 6.07) is 3.04. The molecule has 0 aliphatic carbocycles. The van der Waals surface area contributed by atoms with E-state index in [2.05, 4.69) is 0 Å². The fraction of sp³-hybridized carbons (Fsp3) is 0.222. The van der Waals surface area contributed by atoms with Gasteiger partial charge in [0.05, 0.1) is 0 Å². The fourth-order valence-electron chi connectivity index (χ4n) is 1.02. The molecule has 1 unspecified atom stereocenters. The van der Waals surface area contributed by atoms with Crippen LogP contribution in [-0.2, 0) is 4.79 Å². The summed E-state index contributed by atoms with van der Waals surface area (Å²) < 4.78 is 13.2. The van der Waals surface area contributed by atoms with Gasteiger partial charge >= 0.3 is 5.97 Å². The van der Waals surface area contributed by atoms with Gasteiger partial charge in [0.2, 0.25) is 0 Å². The van der Waals surface area contributed by atoms with Gasteiger partial charge < -0.3 is 10.8 Å². The number of rotatable bonds is 3. The first kappa shape index (κ1) is 11.0. The number of nitrogens with two attached hydrogens (primary N) is 1. The van der Waals surface area contributed by atoms with E-state index in [9.17, 15) is 9.18 Å². The number of carboxylic acids is 1. The molecule has 5 heteroatoms. The maximum atomic E-state index is 13.2. The second-order valence-electron chi connectivity index (χ2n) is 2.71. The van der Waals surface area contributed by atoms with Crippen LogP contribution in [0.5, 0.6) is 0 Å². The molecule has 1 rings (SSSR count). The molecule has 3 nitrogen and oxygen atoms in total. The number of thioether (sulfide) groups is 1. The van der Waals surface area contributed by atoms with Gasteiger partial charge in [0, 0.05) is 4.90 Å². The minimum Gasteiger partial charge on any atom is -0.480 e. The zero-order chi connectivity index (χ0) is 10.7. The summed E-state index contributed by atoms with van der Waals surface area (Å²) in [7, 11) is 0. The molecule has 0 heterocycles. The quantitative estimate of drug-likeness (QED) is 0.752. The summed E-state index contributed by atoms with van der Waals surface area (Å²) >= 11 is 1.26. The topological polar surface area (TPSA) is 63.3 Å². The molecule has 1 atom stereocenters. The number of benzene rings is 1.